The maximum Gasteiger partial charge on any atom is 0.227 e. The Bertz CT molecular complexity index is 181. The van der Waals surface area contributed by atoms with Crippen LogP contribution in [0.5, 0.6) is 0 Å². The van der Waals surface area contributed by atoms with Gasteiger partial charge < -0.3 is 4.90 Å². The summed E-state index contributed by atoms with van der Waals surface area (Å²) in [6, 6.07) is 0. The molecule has 0 bridgehead atoms. The predicted molar refractivity (Wildman–Crippen MR) is 49.8 cm³/mol. The Morgan fingerprint density at radius 1 is 1.42 bits per heavy atom. The summed E-state index contributed by atoms with van der Waals surface area (Å²) in [7, 11) is 0. The van der Waals surface area contributed by atoms with E-state index in [2.05, 4.69) is 6.92 Å². The van der Waals surface area contributed by atoms with Crippen molar-refractivity contribution in [2.24, 2.45) is 11.3 Å². The maximum absolute atomic E-state index is 11.7. The van der Waals surface area contributed by atoms with Crippen LogP contribution in [0.25, 0.3) is 0 Å². The highest BCUT2D eigenvalue weighted by molar-refractivity contribution is 5.81. The molecule has 70 valence electrons. The van der Waals surface area contributed by atoms with Crippen molar-refractivity contribution in [1.82, 2.24) is 4.90 Å². The average Bonchev–Trinajstić information content (AvgIpc) is 2.32. The van der Waals surface area contributed by atoms with Crippen LogP contribution in [-0.4, -0.2) is 23.9 Å². The molecule has 12 heavy (non-hydrogen) atoms. The highest BCUT2D eigenvalue weighted by Gasteiger charge is 2.30. The van der Waals surface area contributed by atoms with Crippen LogP contribution >= 0.6 is 0 Å². The smallest absolute Gasteiger partial charge is 0.227 e. The molecule has 0 aromatic carbocycles. The molecule has 1 aliphatic rings. The summed E-state index contributed by atoms with van der Waals surface area (Å²) in [6.07, 6.45) is 1.17. The van der Waals surface area contributed by atoms with Crippen LogP contribution in [0, 0.1) is 11.3 Å². The van der Waals surface area contributed by atoms with Gasteiger partial charge in [-0.15, -0.1) is 0 Å². The van der Waals surface area contributed by atoms with Crippen LogP contribution < -0.4 is 0 Å². The lowest BCUT2D eigenvalue weighted by Gasteiger charge is -2.25. The molecule has 0 N–H and O–H groups in total. The standard InChI is InChI=1S/C10H19NO/c1-8-5-6-11(7-8)9(12)10(2,3)4/h8H,5-7H2,1-4H3/t8-/m1/s1. The van der Waals surface area contributed by atoms with E-state index in [-0.39, 0.29) is 5.41 Å². The topological polar surface area (TPSA) is 20.3 Å². The Hall–Kier alpha value is -0.530. The lowest BCUT2D eigenvalue weighted by molar-refractivity contribution is -0.138. The molecular weight excluding hydrogens is 150 g/mol. The fourth-order valence-corrected chi connectivity index (χ4v) is 1.59. The molecule has 1 atom stereocenters. The van der Waals surface area contributed by atoms with Gasteiger partial charge >= 0.3 is 0 Å². The van der Waals surface area contributed by atoms with E-state index in [0.717, 1.165) is 13.1 Å². The van der Waals surface area contributed by atoms with Gasteiger partial charge in [0.2, 0.25) is 5.91 Å². The molecular formula is C10H19NO. The van der Waals surface area contributed by atoms with Crippen molar-refractivity contribution < 1.29 is 4.79 Å². The number of rotatable bonds is 0. The Morgan fingerprint density at radius 3 is 2.33 bits per heavy atom. The Morgan fingerprint density at radius 2 is 2.00 bits per heavy atom. The number of hydrogen-bond acceptors (Lipinski definition) is 1. The lowest BCUT2D eigenvalue weighted by Crippen LogP contribution is -2.37. The Kier molecular flexibility index (Phi) is 2.45. The highest BCUT2D eigenvalue weighted by atomic mass is 16.2. The first kappa shape index (κ1) is 9.56. The summed E-state index contributed by atoms with van der Waals surface area (Å²) in [6.45, 7) is 10.1. The molecule has 0 aromatic rings. The van der Waals surface area contributed by atoms with Crippen molar-refractivity contribution in [3.63, 3.8) is 0 Å². The van der Waals surface area contributed by atoms with Gasteiger partial charge in [0.25, 0.3) is 0 Å². The van der Waals surface area contributed by atoms with E-state index >= 15 is 0 Å². The molecule has 2 nitrogen and oxygen atoms in total. The Balaban J connectivity index is 2.55. The van der Waals surface area contributed by atoms with Crippen LogP contribution in [0.4, 0.5) is 0 Å². The summed E-state index contributed by atoms with van der Waals surface area (Å²) in [5, 5.41) is 0. The van der Waals surface area contributed by atoms with Gasteiger partial charge in [-0.2, -0.15) is 0 Å². The molecule has 2 heteroatoms. The second-order valence-corrected chi connectivity index (χ2v) is 4.90. The number of amides is 1. The number of carbonyl (C=O) groups is 1. The van der Waals surface area contributed by atoms with Crippen molar-refractivity contribution in [3.05, 3.63) is 0 Å². The lowest BCUT2D eigenvalue weighted by atomic mass is 9.95. The normalized spacial score (nSPS) is 24.7. The third-order valence-corrected chi connectivity index (χ3v) is 2.35. The van der Waals surface area contributed by atoms with Gasteiger partial charge in [0, 0.05) is 18.5 Å². The summed E-state index contributed by atoms with van der Waals surface area (Å²) >= 11 is 0. The van der Waals surface area contributed by atoms with Crippen molar-refractivity contribution in [3.8, 4) is 0 Å². The monoisotopic (exact) mass is 169 g/mol. The summed E-state index contributed by atoms with van der Waals surface area (Å²) in [4.78, 5) is 13.7. The number of likely N-dealkylation sites (tertiary alicyclic amines) is 1. The predicted octanol–water partition coefficient (Wildman–Crippen LogP) is 1.90. The van der Waals surface area contributed by atoms with Crippen LogP contribution in [0.2, 0.25) is 0 Å². The average molecular weight is 169 g/mol. The van der Waals surface area contributed by atoms with Gasteiger partial charge in [-0.3, -0.25) is 4.79 Å². The van der Waals surface area contributed by atoms with Gasteiger partial charge in [-0.1, -0.05) is 27.7 Å². The summed E-state index contributed by atoms with van der Waals surface area (Å²) in [5.41, 5.74) is -0.204. The van der Waals surface area contributed by atoms with E-state index in [4.69, 9.17) is 0 Å². The molecule has 0 aromatic heterocycles. The number of hydrogen-bond donors (Lipinski definition) is 0. The van der Waals surface area contributed by atoms with E-state index in [1.165, 1.54) is 6.42 Å². The van der Waals surface area contributed by atoms with Gasteiger partial charge in [0.05, 0.1) is 0 Å². The van der Waals surface area contributed by atoms with E-state index < -0.39 is 0 Å². The molecule has 1 heterocycles. The van der Waals surface area contributed by atoms with Crippen LogP contribution in [-0.2, 0) is 4.79 Å². The SMILES string of the molecule is C[C@@H]1CCN(C(=O)C(C)(C)C)C1. The molecule has 0 saturated carbocycles. The number of carbonyl (C=O) groups excluding carboxylic acids is 1. The molecule has 0 radical (unpaired) electrons. The summed E-state index contributed by atoms with van der Waals surface area (Å²) in [5.74, 6) is 0.989. The molecule has 1 aliphatic heterocycles. The largest absolute Gasteiger partial charge is 0.342 e. The highest BCUT2D eigenvalue weighted by Crippen LogP contribution is 2.23. The van der Waals surface area contributed by atoms with Crippen LogP contribution in [0.1, 0.15) is 34.1 Å². The zero-order chi connectivity index (χ0) is 9.35. The minimum absolute atomic E-state index is 0.204. The second kappa shape index (κ2) is 3.08. The van der Waals surface area contributed by atoms with Crippen molar-refractivity contribution >= 4 is 5.91 Å². The Labute approximate surface area is 74.9 Å². The fraction of sp³-hybridized carbons (Fsp3) is 0.900. The van der Waals surface area contributed by atoms with Crippen molar-refractivity contribution in [1.29, 1.82) is 0 Å². The minimum Gasteiger partial charge on any atom is -0.342 e. The van der Waals surface area contributed by atoms with E-state index in [9.17, 15) is 4.79 Å². The molecule has 1 fully saturated rings. The third-order valence-electron chi connectivity index (χ3n) is 2.35. The third kappa shape index (κ3) is 1.99. The van der Waals surface area contributed by atoms with Crippen LogP contribution in [0.15, 0.2) is 0 Å². The molecule has 0 aliphatic carbocycles. The van der Waals surface area contributed by atoms with Gasteiger partial charge in [0.15, 0.2) is 0 Å². The molecule has 1 saturated heterocycles. The van der Waals surface area contributed by atoms with Crippen molar-refractivity contribution in [2.45, 2.75) is 34.1 Å². The molecule has 0 unspecified atom stereocenters. The zero-order valence-electron chi connectivity index (χ0n) is 8.55. The molecule has 1 amide bonds. The second-order valence-electron chi connectivity index (χ2n) is 4.90. The van der Waals surface area contributed by atoms with E-state index in [1.807, 2.05) is 25.7 Å². The van der Waals surface area contributed by atoms with E-state index in [1.54, 1.807) is 0 Å². The van der Waals surface area contributed by atoms with Gasteiger partial charge in [-0.25, -0.2) is 0 Å². The molecule has 1 rings (SSSR count). The van der Waals surface area contributed by atoms with Gasteiger partial charge in [-0.05, 0) is 12.3 Å². The molecule has 0 spiro atoms. The summed E-state index contributed by atoms with van der Waals surface area (Å²) < 4.78 is 0. The number of nitrogens with zero attached hydrogens (tertiary/aromatic N) is 1. The maximum atomic E-state index is 11.7. The van der Waals surface area contributed by atoms with Gasteiger partial charge in [0.1, 0.15) is 0 Å². The zero-order valence-corrected chi connectivity index (χ0v) is 8.55. The van der Waals surface area contributed by atoms with Crippen LogP contribution in [0.3, 0.4) is 0 Å². The quantitative estimate of drug-likeness (QED) is 0.542. The first-order chi connectivity index (χ1) is 5.41. The fourth-order valence-electron chi connectivity index (χ4n) is 1.59. The van der Waals surface area contributed by atoms with Crippen molar-refractivity contribution in [2.75, 3.05) is 13.1 Å². The first-order valence-corrected chi connectivity index (χ1v) is 4.70. The first-order valence-electron chi connectivity index (χ1n) is 4.70. The van der Waals surface area contributed by atoms with E-state index in [0.29, 0.717) is 11.8 Å². The minimum atomic E-state index is -0.204.